The number of carboxylic acid groups (broad SMARTS) is 1. The maximum atomic E-state index is 12.9. The second kappa shape index (κ2) is 7.26. The van der Waals surface area contributed by atoms with Crippen molar-refractivity contribution in [2.24, 2.45) is 11.8 Å². The van der Waals surface area contributed by atoms with Gasteiger partial charge in [-0.2, -0.15) is 0 Å². The Kier molecular flexibility index (Phi) is 4.90. The topological polar surface area (TPSA) is 113 Å². The van der Waals surface area contributed by atoms with Gasteiger partial charge in [-0.15, -0.1) is 0 Å². The van der Waals surface area contributed by atoms with Gasteiger partial charge in [0.1, 0.15) is 11.3 Å². The standard InChI is InChI=1S/C21H24N2O6/c1-21(12-6-3-2-4-7-12)19(27)23(20(28)22-21)11-5-8-13(24)16-14-9-10-15(29-14)17(16)18(25)26/h2-4,6-7,14-17H,5,8-11H2,1H3,(H,22,28)(H,25,26)/t14-,15+,16?,17?,21?/m0/s1. The van der Waals surface area contributed by atoms with Crippen molar-refractivity contribution in [3.05, 3.63) is 35.9 Å². The summed E-state index contributed by atoms with van der Waals surface area (Å²) in [6.45, 7) is 1.77. The number of urea groups is 1. The Morgan fingerprint density at radius 1 is 1.17 bits per heavy atom. The van der Waals surface area contributed by atoms with Crippen LogP contribution in [-0.4, -0.2) is 52.4 Å². The van der Waals surface area contributed by atoms with Gasteiger partial charge in [-0.05, 0) is 31.7 Å². The molecule has 3 aliphatic rings. The van der Waals surface area contributed by atoms with Crippen LogP contribution in [0.4, 0.5) is 4.79 Å². The Morgan fingerprint density at radius 3 is 2.48 bits per heavy atom. The van der Waals surface area contributed by atoms with Gasteiger partial charge in [0.2, 0.25) is 0 Å². The van der Waals surface area contributed by atoms with E-state index in [9.17, 15) is 24.3 Å². The van der Waals surface area contributed by atoms with Crippen molar-refractivity contribution >= 4 is 23.7 Å². The van der Waals surface area contributed by atoms with Crippen molar-refractivity contribution < 1.29 is 29.0 Å². The summed E-state index contributed by atoms with van der Waals surface area (Å²) in [6.07, 6.45) is 1.07. The Morgan fingerprint density at radius 2 is 1.83 bits per heavy atom. The quantitative estimate of drug-likeness (QED) is 0.674. The minimum Gasteiger partial charge on any atom is -0.481 e. The molecule has 3 amide bonds. The van der Waals surface area contributed by atoms with Crippen molar-refractivity contribution in [2.45, 2.75) is 50.4 Å². The van der Waals surface area contributed by atoms with Crippen molar-refractivity contribution in [1.29, 1.82) is 0 Å². The van der Waals surface area contributed by atoms with E-state index in [1.807, 2.05) is 6.07 Å². The minimum atomic E-state index is -1.13. The van der Waals surface area contributed by atoms with Crippen molar-refractivity contribution in [1.82, 2.24) is 10.2 Å². The molecule has 8 nitrogen and oxygen atoms in total. The third-order valence-corrected chi connectivity index (χ3v) is 6.36. The van der Waals surface area contributed by atoms with Gasteiger partial charge in [-0.25, -0.2) is 4.79 Å². The second-order valence-corrected chi connectivity index (χ2v) is 8.13. The highest BCUT2D eigenvalue weighted by molar-refractivity contribution is 6.07. The summed E-state index contributed by atoms with van der Waals surface area (Å²) in [4.78, 5) is 50.6. The van der Waals surface area contributed by atoms with Crippen LogP contribution in [0.15, 0.2) is 30.3 Å². The molecule has 0 radical (unpaired) electrons. The number of nitrogens with one attached hydrogen (secondary N) is 1. The molecule has 3 aliphatic heterocycles. The number of aliphatic carboxylic acids is 1. The van der Waals surface area contributed by atoms with Crippen LogP contribution in [0.25, 0.3) is 0 Å². The first-order chi connectivity index (χ1) is 13.8. The Bertz CT molecular complexity index is 856. The number of amides is 3. The second-order valence-electron chi connectivity index (χ2n) is 8.13. The lowest BCUT2D eigenvalue weighted by Gasteiger charge is -2.24. The number of benzene rings is 1. The van der Waals surface area contributed by atoms with Gasteiger partial charge in [0.25, 0.3) is 5.91 Å². The molecule has 1 aromatic carbocycles. The number of nitrogens with zero attached hydrogens (tertiary/aromatic N) is 1. The highest BCUT2D eigenvalue weighted by Crippen LogP contribution is 2.44. The molecule has 2 bridgehead atoms. The van der Waals surface area contributed by atoms with E-state index in [1.54, 1.807) is 31.2 Å². The fourth-order valence-corrected chi connectivity index (χ4v) is 4.85. The number of hydrogen-bond acceptors (Lipinski definition) is 5. The van der Waals surface area contributed by atoms with Crippen LogP contribution in [0, 0.1) is 11.8 Å². The zero-order valence-electron chi connectivity index (χ0n) is 16.2. The third kappa shape index (κ3) is 3.21. The molecule has 5 atom stereocenters. The Hall–Kier alpha value is -2.74. The number of imide groups is 1. The largest absolute Gasteiger partial charge is 0.481 e. The van der Waals surface area contributed by atoms with E-state index in [-0.39, 0.29) is 36.9 Å². The number of carbonyl (C=O) groups excluding carboxylic acids is 3. The molecule has 154 valence electrons. The van der Waals surface area contributed by atoms with Gasteiger partial charge in [0.15, 0.2) is 0 Å². The third-order valence-electron chi connectivity index (χ3n) is 6.36. The van der Waals surface area contributed by atoms with Gasteiger partial charge >= 0.3 is 12.0 Å². The molecular formula is C21H24N2O6. The zero-order chi connectivity index (χ0) is 20.8. The summed E-state index contributed by atoms with van der Waals surface area (Å²) in [6, 6.07) is 8.52. The predicted molar refractivity (Wildman–Crippen MR) is 101 cm³/mol. The molecule has 0 saturated carbocycles. The predicted octanol–water partition coefficient (Wildman–Crippen LogP) is 1.68. The molecule has 3 fully saturated rings. The Balaban J connectivity index is 1.37. The lowest BCUT2D eigenvalue weighted by Crippen LogP contribution is -2.41. The molecule has 4 rings (SSSR count). The number of fused-ring (bicyclic) bond motifs is 2. The number of rotatable bonds is 7. The maximum absolute atomic E-state index is 12.9. The number of ketones is 1. The SMILES string of the molecule is CC1(c2ccccc2)NC(=O)N(CCCC(=O)C2C(C(=O)O)[C@H]3CC[C@@H]2O3)C1=O. The van der Waals surface area contributed by atoms with Crippen molar-refractivity contribution in [2.75, 3.05) is 6.54 Å². The van der Waals surface area contributed by atoms with E-state index in [1.165, 1.54) is 0 Å². The van der Waals surface area contributed by atoms with Gasteiger partial charge in [0, 0.05) is 13.0 Å². The van der Waals surface area contributed by atoms with E-state index in [0.717, 1.165) is 4.90 Å². The average molecular weight is 400 g/mol. The van der Waals surface area contributed by atoms with E-state index in [0.29, 0.717) is 24.8 Å². The number of carbonyl (C=O) groups is 4. The average Bonchev–Trinajstić information content (AvgIpc) is 3.37. The molecular weight excluding hydrogens is 376 g/mol. The van der Waals surface area contributed by atoms with Gasteiger partial charge < -0.3 is 15.2 Å². The van der Waals surface area contributed by atoms with Crippen molar-refractivity contribution in [3.8, 4) is 0 Å². The number of ether oxygens (including phenoxy) is 1. The first kappa shape index (κ1) is 19.6. The van der Waals surface area contributed by atoms with Crippen LogP contribution in [0.1, 0.15) is 38.2 Å². The summed E-state index contributed by atoms with van der Waals surface area (Å²) in [5, 5.41) is 12.2. The molecule has 0 aliphatic carbocycles. The van der Waals surface area contributed by atoms with E-state index >= 15 is 0 Å². The molecule has 3 saturated heterocycles. The first-order valence-electron chi connectivity index (χ1n) is 9.93. The van der Waals surface area contributed by atoms with Crippen LogP contribution < -0.4 is 5.32 Å². The summed E-state index contributed by atoms with van der Waals surface area (Å²) in [5.41, 5.74) is -0.435. The fraction of sp³-hybridized carbons (Fsp3) is 0.524. The highest BCUT2D eigenvalue weighted by Gasteiger charge is 2.55. The van der Waals surface area contributed by atoms with Gasteiger partial charge in [-0.1, -0.05) is 30.3 Å². The molecule has 3 unspecified atom stereocenters. The number of carboxylic acids is 1. The van der Waals surface area contributed by atoms with E-state index in [2.05, 4.69) is 5.32 Å². The Labute approximate surface area is 168 Å². The highest BCUT2D eigenvalue weighted by atomic mass is 16.5. The summed E-state index contributed by atoms with van der Waals surface area (Å²) < 4.78 is 5.64. The first-order valence-corrected chi connectivity index (χ1v) is 9.93. The van der Waals surface area contributed by atoms with Crippen LogP contribution in [0.5, 0.6) is 0 Å². The monoisotopic (exact) mass is 400 g/mol. The zero-order valence-corrected chi connectivity index (χ0v) is 16.2. The lowest BCUT2D eigenvalue weighted by molar-refractivity contribution is -0.147. The number of Topliss-reactive ketones (excluding diaryl/α,β-unsaturated/α-hetero) is 1. The van der Waals surface area contributed by atoms with Crippen LogP contribution in [0.3, 0.4) is 0 Å². The number of hydrogen-bond donors (Lipinski definition) is 2. The van der Waals surface area contributed by atoms with E-state index in [4.69, 9.17) is 4.74 Å². The summed E-state index contributed by atoms with van der Waals surface area (Å²) in [7, 11) is 0. The van der Waals surface area contributed by atoms with Crippen LogP contribution >= 0.6 is 0 Å². The van der Waals surface area contributed by atoms with Crippen LogP contribution in [-0.2, 0) is 24.7 Å². The minimum absolute atomic E-state index is 0.109. The lowest BCUT2D eigenvalue weighted by atomic mass is 9.76. The normalized spacial score (nSPS) is 33.2. The van der Waals surface area contributed by atoms with Gasteiger partial charge in [0.05, 0.1) is 24.0 Å². The van der Waals surface area contributed by atoms with E-state index < -0.39 is 29.4 Å². The smallest absolute Gasteiger partial charge is 0.325 e. The summed E-state index contributed by atoms with van der Waals surface area (Å²) >= 11 is 0. The molecule has 8 heteroatoms. The molecule has 2 N–H and O–H groups in total. The molecule has 0 spiro atoms. The molecule has 0 aromatic heterocycles. The fourth-order valence-electron chi connectivity index (χ4n) is 4.85. The molecule has 29 heavy (non-hydrogen) atoms. The van der Waals surface area contributed by atoms with Gasteiger partial charge in [-0.3, -0.25) is 19.3 Å². The van der Waals surface area contributed by atoms with Crippen LogP contribution in [0.2, 0.25) is 0 Å². The van der Waals surface area contributed by atoms with Crippen molar-refractivity contribution in [3.63, 3.8) is 0 Å². The molecule has 3 heterocycles. The summed E-state index contributed by atoms with van der Waals surface area (Å²) in [5.74, 6) is -2.94. The maximum Gasteiger partial charge on any atom is 0.325 e. The molecule has 1 aromatic rings.